The Morgan fingerprint density at radius 2 is 1.07 bits per heavy atom. The van der Waals surface area contributed by atoms with Crippen molar-refractivity contribution in [3.63, 3.8) is 0 Å². The Balaban J connectivity index is 0.000000755. The molecule has 0 radical (unpaired) electrons. The van der Waals surface area contributed by atoms with Crippen LogP contribution in [0.1, 0.15) is 62.8 Å². The molecule has 0 spiro atoms. The van der Waals surface area contributed by atoms with E-state index < -0.39 is 0 Å². The Morgan fingerprint density at radius 1 is 0.690 bits per heavy atom. The van der Waals surface area contributed by atoms with Crippen LogP contribution in [-0.2, 0) is 26.2 Å². The van der Waals surface area contributed by atoms with Crippen molar-refractivity contribution in [3.8, 4) is 0 Å². The topological polar surface area (TPSA) is 61.0 Å². The second-order valence-corrected chi connectivity index (χ2v) is 10.3. The van der Waals surface area contributed by atoms with Crippen LogP contribution in [0.25, 0.3) is 0 Å². The fourth-order valence-electron chi connectivity index (χ4n) is 4.95. The summed E-state index contributed by atoms with van der Waals surface area (Å²) in [6.07, 6.45) is 10.5. The van der Waals surface area contributed by atoms with Crippen molar-refractivity contribution in [1.29, 1.82) is 0 Å². The van der Waals surface area contributed by atoms with Gasteiger partial charge < -0.3 is 21.3 Å². The predicted octanol–water partition coefficient (Wildman–Crippen LogP) is 3.45. The average Bonchev–Trinajstić information content (AvgIpc) is 2.76. The zero-order valence-electron chi connectivity index (χ0n) is 17.1. The smallest absolute Gasteiger partial charge is 0.0545 e. The molecule has 1 aromatic heterocycles. The molecule has 1 aromatic rings. The quantitative estimate of drug-likeness (QED) is 0.426. The van der Waals surface area contributed by atoms with Crippen LogP contribution < -0.4 is 21.3 Å². The number of aromatic nitrogens is 1. The Hall–Kier alpha value is 0.0895. The number of hydrogen-bond donors (Lipinski definition) is 4. The van der Waals surface area contributed by atoms with Crippen molar-refractivity contribution >= 4 is 20.2 Å². The van der Waals surface area contributed by atoms with E-state index >= 15 is 0 Å². The van der Waals surface area contributed by atoms with E-state index in [4.69, 9.17) is 25.2 Å². The molecule has 2 fully saturated rings. The summed E-state index contributed by atoms with van der Waals surface area (Å²) in [5.41, 5.74) is 2.34. The number of fused-ring (bicyclic) bond motifs is 4. The molecule has 4 rings (SSSR count). The van der Waals surface area contributed by atoms with Crippen LogP contribution in [0.5, 0.6) is 0 Å². The Kier molecular flexibility index (Phi) is 11.0. The van der Waals surface area contributed by atoms with Crippen LogP contribution >= 0.6 is 20.2 Å². The van der Waals surface area contributed by atoms with Gasteiger partial charge in [0, 0.05) is 50.3 Å². The third kappa shape index (κ3) is 7.93. The van der Waals surface area contributed by atoms with Crippen LogP contribution in [0.4, 0.5) is 0 Å². The molecule has 8 heteroatoms. The normalized spacial score (nSPS) is 31.1. The standard InChI is InChI=1S/C21H35N5.2ClH.Mn/c1-3-10-20-18(8-1)22-12-13-23-19-9-2-4-11-21(19)25-15-17-7-5-6-16(26-17)14-24-20;;;/h5-7,18-25H,1-4,8-15H2;2*1H;/q;;;+2/p-2/t18?,19?,20-,21+;;;. The monoisotopic (exact) mass is 482 g/mol. The molecular weight excluding hydrogens is 448 g/mol. The van der Waals surface area contributed by atoms with Gasteiger partial charge >= 0.3 is 33.3 Å². The van der Waals surface area contributed by atoms with Crippen LogP contribution in [0.2, 0.25) is 0 Å². The van der Waals surface area contributed by atoms with E-state index in [9.17, 15) is 0 Å². The van der Waals surface area contributed by atoms with Crippen molar-refractivity contribution < 1.29 is 13.1 Å². The summed E-state index contributed by atoms with van der Waals surface area (Å²) in [5.74, 6) is 0. The van der Waals surface area contributed by atoms with Crippen molar-refractivity contribution in [2.45, 2.75) is 88.6 Å². The number of nitrogens with one attached hydrogen (secondary N) is 4. The average molecular weight is 483 g/mol. The largest absolute Gasteiger partial charge is 0.311 e. The molecule has 0 aromatic carbocycles. The summed E-state index contributed by atoms with van der Waals surface area (Å²) >= 11 is 0.00694. The summed E-state index contributed by atoms with van der Waals surface area (Å²) < 4.78 is 0. The zero-order chi connectivity index (χ0) is 20.3. The maximum atomic E-state index is 4.89. The molecular formula is C21H35Cl2MnN5. The molecule has 2 heterocycles. The van der Waals surface area contributed by atoms with Crippen LogP contribution in [0.3, 0.4) is 0 Å². The number of rotatable bonds is 0. The Bertz CT molecular complexity index is 549. The maximum Gasteiger partial charge on any atom is 0.0545 e. The molecule has 29 heavy (non-hydrogen) atoms. The van der Waals surface area contributed by atoms with Crippen LogP contribution in [0.15, 0.2) is 18.2 Å². The molecule has 2 bridgehead atoms. The fraction of sp³-hybridized carbons (Fsp3) is 0.762. The molecule has 165 valence electrons. The number of pyridine rings is 1. The van der Waals surface area contributed by atoms with E-state index in [1.807, 2.05) is 0 Å². The molecule has 0 amide bonds. The van der Waals surface area contributed by atoms with E-state index in [2.05, 4.69) is 39.5 Å². The van der Waals surface area contributed by atoms with Crippen molar-refractivity contribution in [2.75, 3.05) is 13.1 Å². The minimum absolute atomic E-state index is 0.00694. The summed E-state index contributed by atoms with van der Waals surface area (Å²) in [6, 6.07) is 8.81. The van der Waals surface area contributed by atoms with Crippen LogP contribution in [0, 0.1) is 0 Å². The van der Waals surface area contributed by atoms with Gasteiger partial charge in [-0.2, -0.15) is 0 Å². The predicted molar refractivity (Wildman–Crippen MR) is 118 cm³/mol. The molecule has 4 N–H and O–H groups in total. The van der Waals surface area contributed by atoms with Gasteiger partial charge in [0.05, 0.1) is 11.4 Å². The summed E-state index contributed by atoms with van der Waals surface area (Å²) in [4.78, 5) is 4.89. The first kappa shape index (κ1) is 23.7. The van der Waals surface area contributed by atoms with Gasteiger partial charge in [-0.1, -0.05) is 31.7 Å². The third-order valence-electron chi connectivity index (χ3n) is 6.43. The third-order valence-corrected chi connectivity index (χ3v) is 6.43. The van der Waals surface area contributed by atoms with Crippen molar-refractivity contribution in [3.05, 3.63) is 29.6 Å². The molecule has 2 saturated carbocycles. The van der Waals surface area contributed by atoms with E-state index in [1.54, 1.807) is 0 Å². The number of hydrogen-bond acceptors (Lipinski definition) is 5. The second kappa shape index (κ2) is 13.5. The maximum absolute atomic E-state index is 4.89. The van der Waals surface area contributed by atoms with Crippen LogP contribution in [-0.4, -0.2) is 42.2 Å². The molecule has 1 aliphatic heterocycles. The van der Waals surface area contributed by atoms with Gasteiger partial charge in [-0.3, -0.25) is 4.98 Å². The SMILES string of the molecule is [Cl][Mn][Cl].c1cc2nc(c1)CN[C@@H]1CCCCC1NCCNC1CCCC[C@@H]1NC2. The van der Waals surface area contributed by atoms with Gasteiger partial charge in [0.25, 0.3) is 0 Å². The minimum atomic E-state index is 0.00694. The molecule has 4 atom stereocenters. The first-order valence-electron chi connectivity index (χ1n) is 11.1. The summed E-state index contributed by atoms with van der Waals surface area (Å²) in [7, 11) is 9.59. The molecule has 3 aliphatic rings. The van der Waals surface area contributed by atoms with E-state index in [-0.39, 0.29) is 13.1 Å². The Morgan fingerprint density at radius 3 is 1.48 bits per heavy atom. The zero-order valence-corrected chi connectivity index (χ0v) is 19.8. The molecule has 2 unspecified atom stereocenters. The van der Waals surface area contributed by atoms with Gasteiger partial charge in [-0.25, -0.2) is 0 Å². The summed E-state index contributed by atoms with van der Waals surface area (Å²) in [6.45, 7) is 3.89. The van der Waals surface area contributed by atoms with E-state index in [1.165, 1.54) is 62.8 Å². The van der Waals surface area contributed by atoms with Gasteiger partial charge in [0.1, 0.15) is 0 Å². The Labute approximate surface area is 190 Å². The number of nitrogens with zero attached hydrogens (tertiary/aromatic N) is 1. The van der Waals surface area contributed by atoms with E-state index in [0.29, 0.717) is 24.2 Å². The molecule has 0 saturated heterocycles. The van der Waals surface area contributed by atoms with Gasteiger partial charge in [-0.15, -0.1) is 0 Å². The molecule has 5 nitrogen and oxygen atoms in total. The van der Waals surface area contributed by atoms with Gasteiger partial charge in [0.2, 0.25) is 0 Å². The summed E-state index contributed by atoms with van der Waals surface area (Å²) in [5, 5.41) is 15.2. The minimum Gasteiger partial charge on any atom is -0.311 e. The molecule has 2 aliphatic carbocycles. The van der Waals surface area contributed by atoms with Gasteiger partial charge in [-0.05, 0) is 37.8 Å². The number of halogens is 2. The van der Waals surface area contributed by atoms with Crippen molar-refractivity contribution in [1.82, 2.24) is 26.3 Å². The first-order valence-corrected chi connectivity index (χ1v) is 14.3. The van der Waals surface area contributed by atoms with E-state index in [0.717, 1.165) is 26.2 Å². The first-order chi connectivity index (χ1) is 14.3. The second-order valence-electron chi connectivity index (χ2n) is 8.34. The fourth-order valence-corrected chi connectivity index (χ4v) is 4.95. The van der Waals surface area contributed by atoms with Crippen molar-refractivity contribution in [2.24, 2.45) is 0 Å². The van der Waals surface area contributed by atoms with Gasteiger partial charge in [0.15, 0.2) is 0 Å².